The fourth-order valence-corrected chi connectivity index (χ4v) is 2.93. The maximum absolute atomic E-state index is 11.7. The van der Waals surface area contributed by atoms with Gasteiger partial charge in [-0.2, -0.15) is 0 Å². The second-order valence-corrected chi connectivity index (χ2v) is 4.74. The Morgan fingerprint density at radius 1 is 1.50 bits per heavy atom. The summed E-state index contributed by atoms with van der Waals surface area (Å²) < 4.78 is 0. The van der Waals surface area contributed by atoms with Crippen molar-refractivity contribution in [2.75, 3.05) is 0 Å². The first-order valence-electron chi connectivity index (χ1n) is 5.94. The molecule has 0 aromatic heterocycles. The highest BCUT2D eigenvalue weighted by molar-refractivity contribution is 5.83. The molecular formula is C14H18O2. The van der Waals surface area contributed by atoms with Crippen LogP contribution in [0.1, 0.15) is 37.8 Å². The van der Waals surface area contributed by atoms with Gasteiger partial charge in [0.05, 0.1) is 5.41 Å². The highest BCUT2D eigenvalue weighted by atomic mass is 16.4. The summed E-state index contributed by atoms with van der Waals surface area (Å²) in [6.07, 6.45) is 2.55. The predicted molar refractivity (Wildman–Crippen MR) is 63.5 cm³/mol. The van der Waals surface area contributed by atoms with Gasteiger partial charge in [-0.3, -0.25) is 4.79 Å². The summed E-state index contributed by atoms with van der Waals surface area (Å²) in [6.45, 7) is 4.12. The number of carbonyl (C=O) groups is 1. The van der Waals surface area contributed by atoms with Crippen LogP contribution in [0.5, 0.6) is 0 Å². The van der Waals surface area contributed by atoms with Crippen molar-refractivity contribution in [2.24, 2.45) is 5.92 Å². The molecule has 0 radical (unpaired) electrons. The van der Waals surface area contributed by atoms with Crippen LogP contribution >= 0.6 is 0 Å². The molecule has 0 aliphatic heterocycles. The van der Waals surface area contributed by atoms with Crippen molar-refractivity contribution < 1.29 is 9.90 Å². The summed E-state index contributed by atoms with van der Waals surface area (Å²) in [6, 6.07) is 7.99. The van der Waals surface area contributed by atoms with E-state index in [9.17, 15) is 9.90 Å². The van der Waals surface area contributed by atoms with Crippen LogP contribution in [0.15, 0.2) is 24.3 Å². The van der Waals surface area contributed by atoms with Crippen LogP contribution in [-0.4, -0.2) is 11.1 Å². The van der Waals surface area contributed by atoms with Gasteiger partial charge in [-0.05, 0) is 29.9 Å². The second kappa shape index (κ2) is 3.93. The quantitative estimate of drug-likeness (QED) is 0.846. The molecule has 0 amide bonds. The molecule has 1 N–H and O–H groups in total. The Morgan fingerprint density at radius 2 is 2.19 bits per heavy atom. The first kappa shape index (κ1) is 11.2. The van der Waals surface area contributed by atoms with Crippen LogP contribution < -0.4 is 0 Å². The van der Waals surface area contributed by atoms with E-state index in [-0.39, 0.29) is 5.92 Å². The number of benzene rings is 1. The summed E-state index contributed by atoms with van der Waals surface area (Å²) in [4.78, 5) is 11.7. The average molecular weight is 218 g/mol. The van der Waals surface area contributed by atoms with E-state index in [0.29, 0.717) is 0 Å². The zero-order valence-electron chi connectivity index (χ0n) is 9.86. The highest BCUT2D eigenvalue weighted by Gasteiger charge is 2.48. The summed E-state index contributed by atoms with van der Waals surface area (Å²) in [7, 11) is 0. The lowest BCUT2D eigenvalue weighted by atomic mass is 9.71. The van der Waals surface area contributed by atoms with Crippen molar-refractivity contribution in [1.82, 2.24) is 0 Å². The molecule has 16 heavy (non-hydrogen) atoms. The molecule has 1 aliphatic carbocycles. The van der Waals surface area contributed by atoms with E-state index in [4.69, 9.17) is 0 Å². The van der Waals surface area contributed by atoms with Crippen molar-refractivity contribution in [2.45, 2.75) is 38.5 Å². The van der Waals surface area contributed by atoms with Gasteiger partial charge in [-0.25, -0.2) is 0 Å². The van der Waals surface area contributed by atoms with Gasteiger partial charge in [0.1, 0.15) is 0 Å². The second-order valence-electron chi connectivity index (χ2n) is 4.74. The van der Waals surface area contributed by atoms with E-state index in [0.717, 1.165) is 24.8 Å². The van der Waals surface area contributed by atoms with Crippen LogP contribution in [0.2, 0.25) is 0 Å². The number of aryl methyl sites for hydroxylation is 1. The molecule has 0 bridgehead atoms. The molecule has 0 heterocycles. The Morgan fingerprint density at radius 3 is 2.81 bits per heavy atom. The van der Waals surface area contributed by atoms with Crippen LogP contribution in [-0.2, 0) is 16.6 Å². The molecule has 1 aromatic rings. The van der Waals surface area contributed by atoms with Gasteiger partial charge >= 0.3 is 5.97 Å². The highest BCUT2D eigenvalue weighted by Crippen LogP contribution is 2.45. The van der Waals surface area contributed by atoms with Crippen LogP contribution in [0.3, 0.4) is 0 Å². The van der Waals surface area contributed by atoms with E-state index in [1.54, 1.807) is 0 Å². The third kappa shape index (κ3) is 1.36. The predicted octanol–water partition coefficient (Wildman–Crippen LogP) is 3.00. The van der Waals surface area contributed by atoms with Crippen LogP contribution in [0, 0.1) is 5.92 Å². The van der Waals surface area contributed by atoms with E-state index in [1.807, 2.05) is 18.2 Å². The topological polar surface area (TPSA) is 37.3 Å². The van der Waals surface area contributed by atoms with E-state index < -0.39 is 11.4 Å². The van der Waals surface area contributed by atoms with Crippen LogP contribution in [0.4, 0.5) is 0 Å². The molecule has 0 saturated heterocycles. The molecular weight excluding hydrogens is 200 g/mol. The molecule has 1 aliphatic rings. The minimum absolute atomic E-state index is 0.189. The van der Waals surface area contributed by atoms with Crippen molar-refractivity contribution in [1.29, 1.82) is 0 Å². The van der Waals surface area contributed by atoms with Gasteiger partial charge in [0.2, 0.25) is 0 Å². The van der Waals surface area contributed by atoms with Gasteiger partial charge in [-0.1, -0.05) is 44.5 Å². The molecule has 1 aromatic carbocycles. The lowest BCUT2D eigenvalue weighted by Gasteiger charge is -2.31. The Bertz CT molecular complexity index is 411. The zero-order valence-corrected chi connectivity index (χ0v) is 9.86. The lowest BCUT2D eigenvalue weighted by Crippen LogP contribution is -2.39. The Hall–Kier alpha value is -1.31. The molecule has 0 saturated carbocycles. The van der Waals surface area contributed by atoms with Gasteiger partial charge in [0.15, 0.2) is 0 Å². The molecule has 86 valence electrons. The van der Waals surface area contributed by atoms with E-state index in [2.05, 4.69) is 19.9 Å². The maximum Gasteiger partial charge on any atom is 0.314 e. The first-order chi connectivity index (χ1) is 7.63. The number of carboxylic acids is 1. The fraction of sp³-hybridized carbons (Fsp3) is 0.500. The Labute approximate surface area is 96.3 Å². The van der Waals surface area contributed by atoms with Crippen molar-refractivity contribution in [3.63, 3.8) is 0 Å². The molecule has 2 atom stereocenters. The number of aliphatic carboxylic acids is 1. The van der Waals surface area contributed by atoms with E-state index >= 15 is 0 Å². The minimum atomic E-state index is -0.660. The largest absolute Gasteiger partial charge is 0.481 e. The SMILES string of the molecule is CCC(C)C1(C(=O)O)CCc2ccccc21. The number of rotatable bonds is 3. The third-order valence-electron chi connectivity index (χ3n) is 4.12. The van der Waals surface area contributed by atoms with E-state index in [1.165, 1.54) is 5.56 Å². The minimum Gasteiger partial charge on any atom is -0.481 e. The monoisotopic (exact) mass is 218 g/mol. The first-order valence-corrected chi connectivity index (χ1v) is 5.94. The Kier molecular flexibility index (Phi) is 2.75. The normalized spacial score (nSPS) is 25.1. The Balaban J connectivity index is 2.56. The van der Waals surface area contributed by atoms with Gasteiger partial charge in [0.25, 0.3) is 0 Å². The summed E-state index contributed by atoms with van der Waals surface area (Å²) >= 11 is 0. The molecule has 2 heteroatoms. The number of carboxylic acid groups (broad SMARTS) is 1. The molecule has 0 fully saturated rings. The molecule has 2 nitrogen and oxygen atoms in total. The van der Waals surface area contributed by atoms with Gasteiger partial charge < -0.3 is 5.11 Å². The summed E-state index contributed by atoms with van der Waals surface area (Å²) in [5.41, 5.74) is 1.60. The number of hydrogen-bond donors (Lipinski definition) is 1. The number of hydrogen-bond acceptors (Lipinski definition) is 1. The average Bonchev–Trinajstić information content (AvgIpc) is 2.68. The summed E-state index contributed by atoms with van der Waals surface area (Å²) in [5, 5.41) is 9.61. The zero-order chi connectivity index (χ0) is 11.8. The van der Waals surface area contributed by atoms with Gasteiger partial charge in [-0.15, -0.1) is 0 Å². The van der Waals surface area contributed by atoms with Gasteiger partial charge in [0, 0.05) is 0 Å². The maximum atomic E-state index is 11.7. The number of fused-ring (bicyclic) bond motifs is 1. The molecule has 2 unspecified atom stereocenters. The van der Waals surface area contributed by atoms with Crippen molar-refractivity contribution >= 4 is 5.97 Å². The fourth-order valence-electron chi connectivity index (χ4n) is 2.93. The van der Waals surface area contributed by atoms with Crippen LogP contribution in [0.25, 0.3) is 0 Å². The third-order valence-corrected chi connectivity index (χ3v) is 4.12. The van der Waals surface area contributed by atoms with Crippen molar-refractivity contribution in [3.8, 4) is 0 Å². The molecule has 2 rings (SSSR count). The lowest BCUT2D eigenvalue weighted by molar-refractivity contribution is -0.146. The molecule has 0 spiro atoms. The smallest absolute Gasteiger partial charge is 0.314 e. The van der Waals surface area contributed by atoms with Crippen molar-refractivity contribution in [3.05, 3.63) is 35.4 Å². The standard InChI is InChI=1S/C14H18O2/c1-3-10(2)14(13(15)16)9-8-11-6-4-5-7-12(11)14/h4-7,10H,3,8-9H2,1-2H3,(H,15,16). The summed E-state index contributed by atoms with van der Waals surface area (Å²) in [5.74, 6) is -0.472.